The quantitative estimate of drug-likeness (QED) is 0.862. The molecule has 1 heterocycles. The molecular formula is C20H28N2O3. The Morgan fingerprint density at radius 1 is 1.24 bits per heavy atom. The lowest BCUT2D eigenvalue weighted by Crippen LogP contribution is -2.37. The minimum absolute atomic E-state index is 0.0296. The first kappa shape index (κ1) is 17.8. The van der Waals surface area contributed by atoms with Crippen LogP contribution >= 0.6 is 0 Å². The zero-order valence-corrected chi connectivity index (χ0v) is 15.3. The molecule has 1 aliphatic heterocycles. The standard InChI is InChI=1S/C20H28N2O3/c1-13(2)20(24)22-11-16(15-6-4-5-7-18(15)25-3)17(12-22)19(23)21-10-14-8-9-14/h4-7,13-14,16-17H,8-12H2,1-3H3,(H,21,23). The molecule has 2 aliphatic rings. The van der Waals surface area contributed by atoms with Gasteiger partial charge in [0, 0.05) is 31.5 Å². The van der Waals surface area contributed by atoms with Crippen LogP contribution in [0.3, 0.4) is 0 Å². The van der Waals surface area contributed by atoms with Gasteiger partial charge in [-0.1, -0.05) is 32.0 Å². The maximum absolute atomic E-state index is 12.8. The van der Waals surface area contributed by atoms with Crippen molar-refractivity contribution >= 4 is 11.8 Å². The predicted octanol–water partition coefficient (Wildman–Crippen LogP) is 2.42. The van der Waals surface area contributed by atoms with Crippen LogP contribution in [0.25, 0.3) is 0 Å². The van der Waals surface area contributed by atoms with Crippen LogP contribution in [0, 0.1) is 17.8 Å². The SMILES string of the molecule is COc1ccccc1C1CN(C(=O)C(C)C)CC1C(=O)NCC1CC1. The predicted molar refractivity (Wildman–Crippen MR) is 96.4 cm³/mol. The molecule has 5 heteroatoms. The molecule has 1 aromatic carbocycles. The summed E-state index contributed by atoms with van der Waals surface area (Å²) in [5.41, 5.74) is 1.01. The number of carbonyl (C=O) groups excluding carboxylic acids is 2. The highest BCUT2D eigenvalue weighted by Gasteiger charge is 2.42. The second kappa shape index (κ2) is 7.46. The van der Waals surface area contributed by atoms with Crippen molar-refractivity contribution in [3.8, 4) is 5.75 Å². The molecule has 3 rings (SSSR count). The number of hydrogen-bond donors (Lipinski definition) is 1. The molecule has 2 fully saturated rings. The van der Waals surface area contributed by atoms with E-state index in [-0.39, 0.29) is 29.6 Å². The molecule has 1 N–H and O–H groups in total. The molecule has 2 amide bonds. The number of methoxy groups -OCH3 is 1. The second-order valence-corrected chi connectivity index (χ2v) is 7.54. The Labute approximate surface area is 149 Å². The summed E-state index contributed by atoms with van der Waals surface area (Å²) >= 11 is 0. The van der Waals surface area contributed by atoms with Gasteiger partial charge in [-0.2, -0.15) is 0 Å². The highest BCUT2D eigenvalue weighted by Crippen LogP contribution is 2.38. The van der Waals surface area contributed by atoms with Gasteiger partial charge >= 0.3 is 0 Å². The molecule has 1 aromatic rings. The summed E-state index contributed by atoms with van der Waals surface area (Å²) in [6.45, 7) is 5.61. The van der Waals surface area contributed by atoms with Gasteiger partial charge in [0.2, 0.25) is 11.8 Å². The summed E-state index contributed by atoms with van der Waals surface area (Å²) in [6, 6.07) is 7.82. The van der Waals surface area contributed by atoms with Gasteiger partial charge in [0.05, 0.1) is 13.0 Å². The number of ether oxygens (including phenoxy) is 1. The van der Waals surface area contributed by atoms with Crippen molar-refractivity contribution in [3.63, 3.8) is 0 Å². The van der Waals surface area contributed by atoms with Gasteiger partial charge in [-0.25, -0.2) is 0 Å². The van der Waals surface area contributed by atoms with Gasteiger partial charge in [0.15, 0.2) is 0 Å². The molecule has 2 atom stereocenters. The minimum Gasteiger partial charge on any atom is -0.496 e. The zero-order chi connectivity index (χ0) is 18.0. The fourth-order valence-electron chi connectivity index (χ4n) is 3.60. The van der Waals surface area contributed by atoms with Crippen molar-refractivity contribution in [2.75, 3.05) is 26.7 Å². The number of carbonyl (C=O) groups is 2. The van der Waals surface area contributed by atoms with E-state index in [0.29, 0.717) is 19.0 Å². The first-order valence-electron chi connectivity index (χ1n) is 9.20. The van der Waals surface area contributed by atoms with Crippen LogP contribution in [0.4, 0.5) is 0 Å². The first-order chi connectivity index (χ1) is 12.0. The van der Waals surface area contributed by atoms with E-state index in [2.05, 4.69) is 5.32 Å². The Morgan fingerprint density at radius 3 is 2.60 bits per heavy atom. The van der Waals surface area contributed by atoms with Crippen molar-refractivity contribution in [2.24, 2.45) is 17.8 Å². The molecule has 2 unspecified atom stereocenters. The van der Waals surface area contributed by atoms with E-state index in [1.54, 1.807) is 7.11 Å². The lowest BCUT2D eigenvalue weighted by Gasteiger charge is -2.20. The minimum atomic E-state index is -0.224. The lowest BCUT2D eigenvalue weighted by atomic mass is 9.87. The molecule has 5 nitrogen and oxygen atoms in total. The van der Waals surface area contributed by atoms with E-state index < -0.39 is 0 Å². The molecule has 0 bridgehead atoms. The van der Waals surface area contributed by atoms with Crippen molar-refractivity contribution in [1.82, 2.24) is 10.2 Å². The molecule has 0 radical (unpaired) electrons. The molecule has 0 aromatic heterocycles. The zero-order valence-electron chi connectivity index (χ0n) is 15.3. The molecule has 25 heavy (non-hydrogen) atoms. The third kappa shape index (κ3) is 3.97. The average Bonchev–Trinajstić information content (AvgIpc) is 3.35. The van der Waals surface area contributed by atoms with Crippen molar-refractivity contribution in [3.05, 3.63) is 29.8 Å². The third-order valence-corrected chi connectivity index (χ3v) is 5.26. The Kier molecular flexibility index (Phi) is 5.30. The van der Waals surface area contributed by atoms with E-state index in [1.165, 1.54) is 12.8 Å². The van der Waals surface area contributed by atoms with Gasteiger partial charge < -0.3 is 15.0 Å². The van der Waals surface area contributed by atoms with Gasteiger partial charge in [0.1, 0.15) is 5.75 Å². The summed E-state index contributed by atoms with van der Waals surface area (Å²) in [7, 11) is 1.65. The van der Waals surface area contributed by atoms with Crippen LogP contribution in [-0.2, 0) is 9.59 Å². The number of rotatable bonds is 6. The Hall–Kier alpha value is -2.04. The summed E-state index contributed by atoms with van der Waals surface area (Å²) < 4.78 is 5.50. The smallest absolute Gasteiger partial charge is 0.225 e. The Balaban J connectivity index is 1.82. The molecule has 136 valence electrons. The number of benzene rings is 1. The normalized spacial score (nSPS) is 23.0. The van der Waals surface area contributed by atoms with Gasteiger partial charge in [-0.15, -0.1) is 0 Å². The Morgan fingerprint density at radius 2 is 1.96 bits per heavy atom. The van der Waals surface area contributed by atoms with Crippen LogP contribution in [0.1, 0.15) is 38.2 Å². The monoisotopic (exact) mass is 344 g/mol. The maximum Gasteiger partial charge on any atom is 0.225 e. The summed E-state index contributed by atoms with van der Waals surface area (Å²) in [5, 5.41) is 3.09. The molecular weight excluding hydrogens is 316 g/mol. The molecule has 1 saturated carbocycles. The largest absolute Gasteiger partial charge is 0.496 e. The van der Waals surface area contributed by atoms with E-state index in [9.17, 15) is 9.59 Å². The fourth-order valence-corrected chi connectivity index (χ4v) is 3.60. The van der Waals surface area contributed by atoms with Crippen LogP contribution in [0.5, 0.6) is 5.75 Å². The van der Waals surface area contributed by atoms with E-state index in [4.69, 9.17) is 4.74 Å². The molecule has 1 aliphatic carbocycles. The van der Waals surface area contributed by atoms with E-state index in [0.717, 1.165) is 17.9 Å². The van der Waals surface area contributed by atoms with E-state index >= 15 is 0 Å². The number of para-hydroxylation sites is 1. The van der Waals surface area contributed by atoms with E-state index in [1.807, 2.05) is 43.0 Å². The second-order valence-electron chi connectivity index (χ2n) is 7.54. The maximum atomic E-state index is 12.8. The number of amides is 2. The highest BCUT2D eigenvalue weighted by molar-refractivity contribution is 5.84. The van der Waals surface area contributed by atoms with Gasteiger partial charge in [0.25, 0.3) is 0 Å². The Bertz CT molecular complexity index is 640. The van der Waals surface area contributed by atoms with Crippen molar-refractivity contribution in [1.29, 1.82) is 0 Å². The fraction of sp³-hybridized carbons (Fsp3) is 0.600. The summed E-state index contributed by atoms with van der Waals surface area (Å²) in [5.74, 6) is 1.27. The number of hydrogen-bond acceptors (Lipinski definition) is 3. The summed E-state index contributed by atoms with van der Waals surface area (Å²) in [4.78, 5) is 27.1. The van der Waals surface area contributed by atoms with Crippen molar-refractivity contribution < 1.29 is 14.3 Å². The third-order valence-electron chi connectivity index (χ3n) is 5.26. The van der Waals surface area contributed by atoms with Crippen LogP contribution in [0.15, 0.2) is 24.3 Å². The number of likely N-dealkylation sites (tertiary alicyclic amines) is 1. The van der Waals surface area contributed by atoms with Gasteiger partial charge in [-0.3, -0.25) is 9.59 Å². The van der Waals surface area contributed by atoms with Crippen LogP contribution in [0.2, 0.25) is 0 Å². The molecule has 0 spiro atoms. The first-order valence-corrected chi connectivity index (χ1v) is 9.20. The van der Waals surface area contributed by atoms with Crippen molar-refractivity contribution in [2.45, 2.75) is 32.6 Å². The van der Waals surface area contributed by atoms with Crippen LogP contribution in [-0.4, -0.2) is 43.5 Å². The number of nitrogens with zero attached hydrogens (tertiary/aromatic N) is 1. The lowest BCUT2D eigenvalue weighted by molar-refractivity contribution is -0.133. The van der Waals surface area contributed by atoms with Gasteiger partial charge in [-0.05, 0) is 30.4 Å². The number of nitrogens with one attached hydrogen (secondary N) is 1. The summed E-state index contributed by atoms with van der Waals surface area (Å²) in [6.07, 6.45) is 2.41. The molecule has 1 saturated heterocycles. The topological polar surface area (TPSA) is 58.6 Å². The highest BCUT2D eigenvalue weighted by atomic mass is 16.5. The van der Waals surface area contributed by atoms with Crippen LogP contribution < -0.4 is 10.1 Å². The average molecular weight is 344 g/mol.